The Morgan fingerprint density at radius 1 is 1.26 bits per heavy atom. The summed E-state index contributed by atoms with van der Waals surface area (Å²) < 4.78 is 18.8. The molecule has 0 unspecified atom stereocenters. The molecule has 0 bridgehead atoms. The SMILES string of the molecule is Cc1nc(N)sc1-c1nc(-c2ccccc2F)no1. The summed E-state index contributed by atoms with van der Waals surface area (Å²) in [6.07, 6.45) is 0. The number of halogens is 1. The van der Waals surface area contributed by atoms with Gasteiger partial charge in [-0.25, -0.2) is 9.37 Å². The first-order valence-corrected chi connectivity index (χ1v) is 6.28. The van der Waals surface area contributed by atoms with E-state index >= 15 is 0 Å². The lowest BCUT2D eigenvalue weighted by molar-refractivity contribution is 0.432. The van der Waals surface area contributed by atoms with E-state index < -0.39 is 5.82 Å². The van der Waals surface area contributed by atoms with Crippen molar-refractivity contribution in [2.45, 2.75) is 6.92 Å². The highest BCUT2D eigenvalue weighted by molar-refractivity contribution is 7.18. The van der Waals surface area contributed by atoms with Gasteiger partial charge in [-0.15, -0.1) is 0 Å². The summed E-state index contributed by atoms with van der Waals surface area (Å²) >= 11 is 1.26. The maximum Gasteiger partial charge on any atom is 0.270 e. The van der Waals surface area contributed by atoms with Crippen molar-refractivity contribution in [3.63, 3.8) is 0 Å². The summed E-state index contributed by atoms with van der Waals surface area (Å²) in [5.74, 6) is 0.111. The first kappa shape index (κ1) is 11.8. The fourth-order valence-electron chi connectivity index (χ4n) is 1.68. The van der Waals surface area contributed by atoms with E-state index in [1.165, 1.54) is 17.4 Å². The van der Waals surface area contributed by atoms with Crippen LogP contribution in [0.3, 0.4) is 0 Å². The van der Waals surface area contributed by atoms with Crippen LogP contribution < -0.4 is 5.73 Å². The highest BCUT2D eigenvalue weighted by atomic mass is 32.1. The Kier molecular flexibility index (Phi) is 2.75. The predicted octanol–water partition coefficient (Wildman–Crippen LogP) is 2.89. The largest absolute Gasteiger partial charge is 0.375 e. The van der Waals surface area contributed by atoms with Crippen molar-refractivity contribution < 1.29 is 8.91 Å². The van der Waals surface area contributed by atoms with Crippen LogP contribution in [0, 0.1) is 12.7 Å². The molecule has 0 saturated carbocycles. The van der Waals surface area contributed by atoms with Gasteiger partial charge in [0.1, 0.15) is 10.7 Å². The molecular formula is C12H9FN4OS. The Bertz CT molecular complexity index is 737. The number of benzene rings is 1. The van der Waals surface area contributed by atoms with Gasteiger partial charge >= 0.3 is 0 Å². The van der Waals surface area contributed by atoms with Gasteiger partial charge in [0.05, 0.1) is 11.3 Å². The molecule has 2 aromatic heterocycles. The third-order valence-corrected chi connectivity index (χ3v) is 3.52. The zero-order valence-corrected chi connectivity index (χ0v) is 10.7. The number of nitrogens with two attached hydrogens (primary N) is 1. The number of hydrogen-bond donors (Lipinski definition) is 1. The summed E-state index contributed by atoms with van der Waals surface area (Å²) in [5, 5.41) is 4.21. The maximum absolute atomic E-state index is 13.6. The van der Waals surface area contributed by atoms with Crippen LogP contribution in [0.25, 0.3) is 22.2 Å². The molecule has 3 aromatic rings. The van der Waals surface area contributed by atoms with Crippen LogP contribution in [-0.2, 0) is 0 Å². The minimum absolute atomic E-state index is 0.208. The van der Waals surface area contributed by atoms with E-state index in [-0.39, 0.29) is 5.82 Å². The van der Waals surface area contributed by atoms with Crippen LogP contribution in [-0.4, -0.2) is 15.1 Å². The standard InChI is InChI=1S/C12H9FN4OS/c1-6-9(19-12(14)15-6)11-16-10(17-18-11)7-4-2-3-5-8(7)13/h2-5H,1H3,(H2,14,15). The summed E-state index contributed by atoms with van der Waals surface area (Å²) in [7, 11) is 0. The van der Waals surface area contributed by atoms with Gasteiger partial charge in [0.15, 0.2) is 5.13 Å². The summed E-state index contributed by atoms with van der Waals surface area (Å²) in [5.41, 5.74) is 6.63. The van der Waals surface area contributed by atoms with Crippen LogP contribution in [0.2, 0.25) is 0 Å². The first-order valence-electron chi connectivity index (χ1n) is 5.47. The summed E-state index contributed by atoms with van der Waals surface area (Å²) in [6, 6.07) is 6.26. The molecule has 5 nitrogen and oxygen atoms in total. The molecule has 7 heteroatoms. The Hall–Kier alpha value is -2.28. The first-order chi connectivity index (χ1) is 9.15. The monoisotopic (exact) mass is 276 g/mol. The van der Waals surface area contributed by atoms with Gasteiger partial charge in [0.2, 0.25) is 5.82 Å². The van der Waals surface area contributed by atoms with Crippen LogP contribution in [0.4, 0.5) is 9.52 Å². The second-order valence-electron chi connectivity index (χ2n) is 3.87. The van der Waals surface area contributed by atoms with E-state index in [2.05, 4.69) is 15.1 Å². The van der Waals surface area contributed by atoms with Gasteiger partial charge in [-0.3, -0.25) is 0 Å². The van der Waals surface area contributed by atoms with Crippen molar-refractivity contribution in [2.75, 3.05) is 5.73 Å². The van der Waals surface area contributed by atoms with Gasteiger partial charge in [0.25, 0.3) is 5.89 Å². The molecule has 0 aliphatic rings. The van der Waals surface area contributed by atoms with Crippen molar-refractivity contribution in [1.82, 2.24) is 15.1 Å². The average molecular weight is 276 g/mol. The number of aromatic nitrogens is 3. The lowest BCUT2D eigenvalue weighted by Gasteiger charge is -1.94. The van der Waals surface area contributed by atoms with Crippen molar-refractivity contribution >= 4 is 16.5 Å². The minimum atomic E-state index is -0.393. The molecule has 0 aliphatic carbocycles. The predicted molar refractivity (Wildman–Crippen MR) is 69.9 cm³/mol. The average Bonchev–Trinajstić information content (AvgIpc) is 2.96. The van der Waals surface area contributed by atoms with Gasteiger partial charge in [0, 0.05) is 0 Å². The van der Waals surface area contributed by atoms with Crippen molar-refractivity contribution in [1.29, 1.82) is 0 Å². The quantitative estimate of drug-likeness (QED) is 0.778. The van der Waals surface area contributed by atoms with Gasteiger partial charge in [-0.2, -0.15) is 4.98 Å². The number of hydrogen-bond acceptors (Lipinski definition) is 6. The molecule has 96 valence electrons. The Morgan fingerprint density at radius 2 is 2.05 bits per heavy atom. The molecule has 1 aromatic carbocycles. The number of anilines is 1. The maximum atomic E-state index is 13.6. The smallest absolute Gasteiger partial charge is 0.270 e. The molecule has 2 heterocycles. The highest BCUT2D eigenvalue weighted by Crippen LogP contribution is 2.31. The Morgan fingerprint density at radius 3 is 2.74 bits per heavy atom. The number of rotatable bonds is 2. The van der Waals surface area contributed by atoms with Gasteiger partial charge in [-0.05, 0) is 19.1 Å². The van der Waals surface area contributed by atoms with Crippen LogP contribution in [0.5, 0.6) is 0 Å². The zero-order chi connectivity index (χ0) is 13.4. The van der Waals surface area contributed by atoms with Crippen molar-refractivity contribution in [2.24, 2.45) is 0 Å². The molecule has 0 fully saturated rings. The molecule has 2 N–H and O–H groups in total. The van der Waals surface area contributed by atoms with E-state index in [1.807, 2.05) is 0 Å². The van der Waals surface area contributed by atoms with E-state index in [0.717, 1.165) is 0 Å². The zero-order valence-electron chi connectivity index (χ0n) is 9.92. The van der Waals surface area contributed by atoms with E-state index in [4.69, 9.17) is 10.3 Å². The van der Waals surface area contributed by atoms with Crippen LogP contribution >= 0.6 is 11.3 Å². The molecular weight excluding hydrogens is 267 g/mol. The number of aryl methyl sites for hydroxylation is 1. The molecule has 0 amide bonds. The lowest BCUT2D eigenvalue weighted by atomic mass is 10.2. The van der Waals surface area contributed by atoms with Crippen LogP contribution in [0.1, 0.15) is 5.69 Å². The molecule has 3 rings (SSSR count). The lowest BCUT2D eigenvalue weighted by Crippen LogP contribution is -1.85. The number of nitrogens with zero attached hydrogens (tertiary/aromatic N) is 3. The van der Waals surface area contributed by atoms with Crippen LogP contribution in [0.15, 0.2) is 28.8 Å². The summed E-state index contributed by atoms with van der Waals surface area (Å²) in [4.78, 5) is 8.97. The normalized spacial score (nSPS) is 10.8. The summed E-state index contributed by atoms with van der Waals surface area (Å²) in [6.45, 7) is 1.80. The molecule has 0 saturated heterocycles. The third-order valence-electron chi connectivity index (χ3n) is 2.55. The molecule has 0 atom stereocenters. The highest BCUT2D eigenvalue weighted by Gasteiger charge is 2.17. The number of thiazole rings is 1. The minimum Gasteiger partial charge on any atom is -0.375 e. The van der Waals surface area contributed by atoms with Gasteiger partial charge in [-0.1, -0.05) is 28.6 Å². The Labute approximate surface area is 111 Å². The van der Waals surface area contributed by atoms with Crippen molar-refractivity contribution in [3.05, 3.63) is 35.8 Å². The fraction of sp³-hybridized carbons (Fsp3) is 0.0833. The third kappa shape index (κ3) is 2.08. The van der Waals surface area contributed by atoms with E-state index in [0.29, 0.717) is 27.2 Å². The van der Waals surface area contributed by atoms with Gasteiger partial charge < -0.3 is 10.3 Å². The fourth-order valence-corrected chi connectivity index (χ4v) is 2.44. The topological polar surface area (TPSA) is 77.8 Å². The second kappa shape index (κ2) is 4.43. The number of nitrogen functional groups attached to an aromatic ring is 1. The van der Waals surface area contributed by atoms with Crippen molar-refractivity contribution in [3.8, 4) is 22.2 Å². The molecule has 0 aliphatic heterocycles. The second-order valence-corrected chi connectivity index (χ2v) is 4.90. The molecule has 0 radical (unpaired) electrons. The molecule has 0 spiro atoms. The Balaban J connectivity index is 2.05. The molecule has 19 heavy (non-hydrogen) atoms. The van der Waals surface area contributed by atoms with E-state index in [9.17, 15) is 4.39 Å². The van der Waals surface area contributed by atoms with E-state index in [1.54, 1.807) is 25.1 Å².